The molecule has 4 aromatic rings. The van der Waals surface area contributed by atoms with E-state index in [0.29, 0.717) is 23.6 Å². The van der Waals surface area contributed by atoms with Gasteiger partial charge in [0.1, 0.15) is 29.9 Å². The molecule has 0 saturated carbocycles. The van der Waals surface area contributed by atoms with Gasteiger partial charge in [-0.1, -0.05) is 56.3 Å². The summed E-state index contributed by atoms with van der Waals surface area (Å²) in [5, 5.41) is 2.94. The highest BCUT2D eigenvalue weighted by atomic mass is 32.2. The Morgan fingerprint density at radius 3 is 2.02 bits per heavy atom. The predicted octanol–water partition coefficient (Wildman–Crippen LogP) is 5.47. The van der Waals surface area contributed by atoms with Gasteiger partial charge in [0, 0.05) is 31.6 Å². The summed E-state index contributed by atoms with van der Waals surface area (Å²) in [6.07, 6.45) is 0.128. The maximum atomic E-state index is 14.8. The van der Waals surface area contributed by atoms with Crippen molar-refractivity contribution in [3.05, 3.63) is 108 Å². The molecule has 0 aliphatic carbocycles. The molecule has 1 atom stereocenters. The van der Waals surface area contributed by atoms with Crippen molar-refractivity contribution in [2.24, 2.45) is 5.92 Å². The number of methoxy groups -OCH3 is 4. The van der Waals surface area contributed by atoms with Gasteiger partial charge in [-0.15, -0.1) is 0 Å². The molecule has 0 aliphatic heterocycles. The van der Waals surface area contributed by atoms with Crippen molar-refractivity contribution < 1.29 is 41.3 Å². The third kappa shape index (κ3) is 9.69. The van der Waals surface area contributed by atoms with E-state index < -0.39 is 40.2 Å². The first kappa shape index (κ1) is 38.5. The number of amides is 2. The molecule has 0 radical (unpaired) electrons. The van der Waals surface area contributed by atoms with E-state index in [1.54, 1.807) is 6.07 Å². The number of rotatable bonds is 17. The lowest BCUT2D eigenvalue weighted by Crippen LogP contribution is -2.53. The Morgan fingerprint density at radius 1 is 0.765 bits per heavy atom. The molecule has 1 N–H and O–H groups in total. The summed E-state index contributed by atoms with van der Waals surface area (Å²) in [6, 6.07) is 22.4. The zero-order chi connectivity index (χ0) is 37.1. The Labute approximate surface area is 298 Å². The highest BCUT2D eigenvalue weighted by Crippen LogP contribution is 2.38. The molecule has 0 unspecified atom stereocenters. The van der Waals surface area contributed by atoms with E-state index in [2.05, 4.69) is 5.32 Å². The summed E-state index contributed by atoms with van der Waals surface area (Å²) in [4.78, 5) is 29.9. The second-order valence-electron chi connectivity index (χ2n) is 12.1. The average Bonchev–Trinajstić information content (AvgIpc) is 3.14. The number of carbonyl (C=O) groups is 2. The first-order valence-corrected chi connectivity index (χ1v) is 17.7. The minimum atomic E-state index is -4.54. The third-order valence-corrected chi connectivity index (χ3v) is 9.85. The molecular weight excluding hydrogens is 677 g/mol. The fourth-order valence-corrected chi connectivity index (χ4v) is 6.80. The van der Waals surface area contributed by atoms with Crippen LogP contribution in [0.15, 0.2) is 95.9 Å². The van der Waals surface area contributed by atoms with E-state index in [1.807, 2.05) is 44.2 Å². The van der Waals surface area contributed by atoms with Crippen LogP contribution in [0, 0.1) is 11.7 Å². The van der Waals surface area contributed by atoms with Crippen LogP contribution in [0.3, 0.4) is 0 Å². The number of nitrogens with zero attached hydrogens (tertiary/aromatic N) is 2. The van der Waals surface area contributed by atoms with Crippen molar-refractivity contribution in [3.8, 4) is 23.0 Å². The molecule has 4 rings (SSSR count). The number of ether oxygens (including phenoxy) is 4. The van der Waals surface area contributed by atoms with E-state index in [4.69, 9.17) is 18.9 Å². The minimum absolute atomic E-state index is 0.0191. The maximum Gasteiger partial charge on any atom is 0.265 e. The smallest absolute Gasteiger partial charge is 0.265 e. The highest BCUT2D eigenvalue weighted by molar-refractivity contribution is 7.92. The quantitative estimate of drug-likeness (QED) is 0.152. The van der Waals surface area contributed by atoms with Gasteiger partial charge in [0.25, 0.3) is 10.0 Å². The lowest BCUT2D eigenvalue weighted by molar-refractivity contribution is -0.140. The molecule has 2 amide bonds. The molecule has 0 heterocycles. The van der Waals surface area contributed by atoms with Gasteiger partial charge in [0.2, 0.25) is 11.8 Å². The Kier molecular flexibility index (Phi) is 13.3. The topological polar surface area (TPSA) is 124 Å². The molecule has 272 valence electrons. The summed E-state index contributed by atoms with van der Waals surface area (Å²) in [5.74, 6) is -0.549. The summed E-state index contributed by atoms with van der Waals surface area (Å²) >= 11 is 0. The van der Waals surface area contributed by atoms with Gasteiger partial charge in [0.05, 0.1) is 39.0 Å². The van der Waals surface area contributed by atoms with Crippen molar-refractivity contribution in [2.75, 3.05) is 45.8 Å². The Balaban J connectivity index is 1.89. The molecule has 0 aromatic heterocycles. The van der Waals surface area contributed by atoms with Crippen LogP contribution in [0.25, 0.3) is 0 Å². The molecule has 0 aliphatic rings. The van der Waals surface area contributed by atoms with Crippen LogP contribution in [-0.4, -0.2) is 72.7 Å². The first-order valence-electron chi connectivity index (χ1n) is 16.2. The summed E-state index contributed by atoms with van der Waals surface area (Å²) in [5.41, 5.74) is 1.33. The predicted molar refractivity (Wildman–Crippen MR) is 192 cm³/mol. The van der Waals surface area contributed by atoms with E-state index >= 15 is 0 Å². The van der Waals surface area contributed by atoms with Gasteiger partial charge in [0.15, 0.2) is 11.5 Å². The number of sulfonamides is 1. The van der Waals surface area contributed by atoms with Crippen molar-refractivity contribution >= 4 is 27.5 Å². The van der Waals surface area contributed by atoms with Crippen LogP contribution in [0.4, 0.5) is 10.1 Å². The van der Waals surface area contributed by atoms with Gasteiger partial charge in [-0.25, -0.2) is 12.8 Å². The largest absolute Gasteiger partial charge is 0.497 e. The van der Waals surface area contributed by atoms with Gasteiger partial charge in [-0.05, 0) is 53.4 Å². The maximum absolute atomic E-state index is 14.8. The van der Waals surface area contributed by atoms with Crippen LogP contribution < -0.4 is 28.6 Å². The second kappa shape index (κ2) is 17.6. The number of carbonyl (C=O) groups excluding carboxylic acids is 2. The Hall–Kier alpha value is -5.30. The number of hydrogen-bond acceptors (Lipinski definition) is 8. The van der Waals surface area contributed by atoms with Gasteiger partial charge in [-0.3, -0.25) is 13.9 Å². The molecular formula is C38H44FN3O8S. The van der Waals surface area contributed by atoms with Crippen LogP contribution in [0.5, 0.6) is 23.0 Å². The molecule has 4 aromatic carbocycles. The lowest BCUT2D eigenvalue weighted by atomic mass is 10.0. The van der Waals surface area contributed by atoms with Crippen LogP contribution in [0.1, 0.15) is 25.0 Å². The van der Waals surface area contributed by atoms with E-state index in [1.165, 1.54) is 87.9 Å². The number of anilines is 1. The third-order valence-electron chi connectivity index (χ3n) is 8.10. The Bertz CT molecular complexity index is 1890. The van der Waals surface area contributed by atoms with Gasteiger partial charge < -0.3 is 29.2 Å². The highest BCUT2D eigenvalue weighted by Gasteiger charge is 2.36. The van der Waals surface area contributed by atoms with E-state index in [9.17, 15) is 22.4 Å². The molecule has 11 nitrogen and oxygen atoms in total. The fourth-order valence-electron chi connectivity index (χ4n) is 5.37. The molecule has 0 bridgehead atoms. The van der Waals surface area contributed by atoms with Gasteiger partial charge in [-0.2, -0.15) is 0 Å². The summed E-state index contributed by atoms with van der Waals surface area (Å²) < 4.78 is 65.9. The summed E-state index contributed by atoms with van der Waals surface area (Å²) in [6.45, 7) is 3.39. The molecule has 0 fully saturated rings. The van der Waals surface area contributed by atoms with E-state index in [0.717, 1.165) is 9.87 Å². The molecule has 0 saturated heterocycles. The molecule has 13 heteroatoms. The van der Waals surface area contributed by atoms with Gasteiger partial charge >= 0.3 is 0 Å². The van der Waals surface area contributed by atoms with Crippen LogP contribution in [-0.2, 0) is 32.6 Å². The SMILES string of the molecule is COc1ccc(OC)c(N(CC(=O)N(Cc2ccc(F)cc2)[C@@H](Cc2ccccc2)C(=O)NCC(C)C)S(=O)(=O)c2ccc(OC)c(OC)c2)c1. The van der Waals surface area contributed by atoms with Crippen molar-refractivity contribution in [3.63, 3.8) is 0 Å². The molecule has 51 heavy (non-hydrogen) atoms. The standard InChI is InChI=1S/C38H44FN3O8S/c1-26(2)23-40-38(44)33(20-27-10-8-7-9-11-27)41(24-28-12-14-29(39)15-13-28)37(43)25-42(32-21-30(47-3)16-18-34(32)48-4)51(45,46)31-17-19-35(49-5)36(22-31)50-6/h7-19,21-22,26,33H,20,23-25H2,1-6H3,(H,40,44)/t33-/m0/s1. The van der Waals surface area contributed by atoms with Crippen molar-refractivity contribution in [2.45, 2.75) is 37.8 Å². The minimum Gasteiger partial charge on any atom is -0.497 e. The number of halogens is 1. The molecule has 0 spiro atoms. The first-order chi connectivity index (χ1) is 24.4. The average molecular weight is 722 g/mol. The number of benzene rings is 4. The normalized spacial score (nSPS) is 11.8. The monoisotopic (exact) mass is 721 g/mol. The van der Waals surface area contributed by atoms with E-state index in [-0.39, 0.29) is 41.0 Å². The van der Waals surface area contributed by atoms with Crippen molar-refractivity contribution in [1.82, 2.24) is 10.2 Å². The second-order valence-corrected chi connectivity index (χ2v) is 13.9. The van der Waals surface area contributed by atoms with Crippen LogP contribution in [0.2, 0.25) is 0 Å². The van der Waals surface area contributed by atoms with Crippen molar-refractivity contribution in [1.29, 1.82) is 0 Å². The summed E-state index contributed by atoms with van der Waals surface area (Å²) in [7, 11) is 1.08. The fraction of sp³-hybridized carbons (Fsp3) is 0.316. The zero-order valence-electron chi connectivity index (χ0n) is 29.6. The number of hydrogen-bond donors (Lipinski definition) is 1. The zero-order valence-corrected chi connectivity index (χ0v) is 30.4. The van der Waals surface area contributed by atoms with Crippen LogP contribution >= 0.6 is 0 Å². The lowest BCUT2D eigenvalue weighted by Gasteiger charge is -2.34. The Morgan fingerprint density at radius 2 is 1.41 bits per heavy atom. The number of nitrogens with one attached hydrogen (secondary N) is 1.